The van der Waals surface area contributed by atoms with Gasteiger partial charge in [-0.25, -0.2) is 13.6 Å². The fourth-order valence-electron chi connectivity index (χ4n) is 5.68. The average molecular weight is 583 g/mol. The summed E-state index contributed by atoms with van der Waals surface area (Å²) in [6, 6.07) is -4.16. The van der Waals surface area contributed by atoms with Crippen LogP contribution >= 0.6 is 0 Å². The van der Waals surface area contributed by atoms with Crippen LogP contribution in [0, 0.1) is 29.6 Å². The van der Waals surface area contributed by atoms with Gasteiger partial charge in [0.25, 0.3) is 5.91 Å². The Kier molecular flexibility index (Phi) is 10.9. The van der Waals surface area contributed by atoms with Crippen molar-refractivity contribution >= 4 is 29.6 Å². The van der Waals surface area contributed by atoms with Crippen LogP contribution in [0.2, 0.25) is 0 Å². The van der Waals surface area contributed by atoms with E-state index in [0.29, 0.717) is 26.2 Å². The topological polar surface area (TPSA) is 148 Å². The molecule has 0 aromatic heterocycles. The number of likely N-dealkylation sites (tertiary alicyclic amines) is 1. The highest BCUT2D eigenvalue weighted by Gasteiger charge is 2.51. The number of amides is 4. The van der Waals surface area contributed by atoms with Gasteiger partial charge in [0.2, 0.25) is 23.5 Å². The molecule has 1 saturated carbocycles. The summed E-state index contributed by atoms with van der Waals surface area (Å²) < 4.78 is 33.2. The number of alkyl carbamates (subject to hydrolysis) is 1. The van der Waals surface area contributed by atoms with Crippen molar-refractivity contribution in [3.05, 3.63) is 0 Å². The highest BCUT2D eigenvalue weighted by Crippen LogP contribution is 2.40. The minimum absolute atomic E-state index is 0.101. The number of halogens is 2. The first-order valence-electron chi connectivity index (χ1n) is 14.1. The van der Waals surface area contributed by atoms with Crippen LogP contribution < -0.4 is 16.4 Å². The van der Waals surface area contributed by atoms with E-state index in [-0.39, 0.29) is 12.5 Å². The van der Waals surface area contributed by atoms with E-state index in [9.17, 15) is 32.8 Å². The number of nitrogens with two attached hydrogens (primary N) is 1. The third-order valence-corrected chi connectivity index (χ3v) is 7.75. The second-order valence-corrected chi connectivity index (χ2v) is 12.8. The van der Waals surface area contributed by atoms with Crippen LogP contribution in [0.1, 0.15) is 86.5 Å². The van der Waals surface area contributed by atoms with Crippen LogP contribution in [0.4, 0.5) is 13.6 Å². The first kappa shape index (κ1) is 34.0. The summed E-state index contributed by atoms with van der Waals surface area (Å²) in [5.74, 6) is -5.89. The van der Waals surface area contributed by atoms with E-state index in [1.807, 2.05) is 0 Å². The Hall–Kier alpha value is -3.23. The molecule has 0 radical (unpaired) electrons. The van der Waals surface area contributed by atoms with Crippen molar-refractivity contribution < 1.29 is 37.5 Å². The summed E-state index contributed by atoms with van der Waals surface area (Å²) >= 11 is 0. The number of carbonyl (C=O) groups is 5. The minimum atomic E-state index is -3.41. The standard InChI is InChI=1S/C29H44F2N4O6/c1-8-28(5,6)18-14-15-35(21(18)24(38)33-19(16-29(7,30)31)22(36)23(32)37)25(39)20(17-12-10-9-11-13-17)34-26(40)41-27(2,3)4/h1,17-21H,9-16H2,2-7H3,(H2,32,37)(H,33,38)(H,34,40)/t18-,19?,20-,21-/m0/s1. The lowest BCUT2D eigenvalue weighted by Gasteiger charge is -2.38. The van der Waals surface area contributed by atoms with Crippen molar-refractivity contribution in [2.75, 3.05) is 6.54 Å². The van der Waals surface area contributed by atoms with Crippen LogP contribution in [-0.2, 0) is 23.9 Å². The molecule has 1 heterocycles. The van der Waals surface area contributed by atoms with Crippen LogP contribution in [0.15, 0.2) is 0 Å². The molecule has 0 spiro atoms. The normalized spacial score (nSPS) is 21.8. The molecule has 2 aliphatic rings. The van der Waals surface area contributed by atoms with Crippen LogP contribution in [0.5, 0.6) is 0 Å². The van der Waals surface area contributed by atoms with E-state index in [0.717, 1.165) is 19.3 Å². The van der Waals surface area contributed by atoms with E-state index in [1.54, 1.807) is 34.6 Å². The Morgan fingerprint density at radius 1 is 1.00 bits per heavy atom. The number of terminal acetylenes is 1. The molecule has 41 heavy (non-hydrogen) atoms. The predicted octanol–water partition coefficient (Wildman–Crippen LogP) is 2.92. The summed E-state index contributed by atoms with van der Waals surface area (Å²) in [4.78, 5) is 65.9. The molecular weight excluding hydrogens is 538 g/mol. The van der Waals surface area contributed by atoms with Gasteiger partial charge in [-0.3, -0.25) is 19.2 Å². The Morgan fingerprint density at radius 2 is 1.59 bits per heavy atom. The molecule has 0 aromatic rings. The maximum Gasteiger partial charge on any atom is 0.408 e. The number of nitrogens with zero attached hydrogens (tertiary/aromatic N) is 1. The van der Waals surface area contributed by atoms with E-state index in [2.05, 4.69) is 16.6 Å². The molecule has 230 valence electrons. The minimum Gasteiger partial charge on any atom is -0.444 e. The first-order chi connectivity index (χ1) is 18.8. The van der Waals surface area contributed by atoms with Gasteiger partial charge in [0.1, 0.15) is 23.7 Å². The molecule has 1 saturated heterocycles. The third kappa shape index (κ3) is 9.40. The van der Waals surface area contributed by atoms with Gasteiger partial charge in [0.05, 0.1) is 0 Å². The van der Waals surface area contributed by atoms with E-state index < -0.39 is 77.0 Å². The quantitative estimate of drug-likeness (QED) is 0.267. The molecule has 1 aliphatic heterocycles. The number of carbonyl (C=O) groups excluding carboxylic acids is 5. The molecule has 2 fully saturated rings. The summed E-state index contributed by atoms with van der Waals surface area (Å²) in [7, 11) is 0. The number of ketones is 1. The van der Waals surface area contributed by atoms with Crippen molar-refractivity contribution in [1.29, 1.82) is 0 Å². The third-order valence-electron chi connectivity index (χ3n) is 7.75. The van der Waals surface area contributed by atoms with E-state index >= 15 is 0 Å². The van der Waals surface area contributed by atoms with Gasteiger partial charge < -0.3 is 26.0 Å². The number of hydrogen-bond acceptors (Lipinski definition) is 6. The SMILES string of the molecule is C#CC(C)(C)[C@H]1CCN(C(=O)[C@@H](NC(=O)OC(C)(C)C)C2CCCCC2)[C@@H]1C(=O)NC(CC(C)(F)F)C(=O)C(N)=O. The van der Waals surface area contributed by atoms with Gasteiger partial charge in [-0.2, -0.15) is 0 Å². The highest BCUT2D eigenvalue weighted by atomic mass is 19.3. The Balaban J connectivity index is 2.47. The van der Waals surface area contributed by atoms with Crippen LogP contribution in [0.3, 0.4) is 0 Å². The lowest BCUT2D eigenvalue weighted by Crippen LogP contribution is -2.60. The maximum absolute atomic E-state index is 14.1. The molecule has 4 amide bonds. The van der Waals surface area contributed by atoms with Crippen molar-refractivity contribution in [3.63, 3.8) is 0 Å². The molecule has 0 bridgehead atoms. The number of primary amides is 1. The fraction of sp³-hybridized carbons (Fsp3) is 0.759. The summed E-state index contributed by atoms with van der Waals surface area (Å²) in [6.07, 6.45) is 8.22. The number of hydrogen-bond donors (Lipinski definition) is 3. The number of alkyl halides is 2. The number of Topliss-reactive ketones (excluding diaryl/α,β-unsaturated/α-hetero) is 1. The van der Waals surface area contributed by atoms with Crippen LogP contribution in [-0.4, -0.2) is 70.7 Å². The fourth-order valence-corrected chi connectivity index (χ4v) is 5.68. The largest absolute Gasteiger partial charge is 0.444 e. The van der Waals surface area contributed by atoms with Gasteiger partial charge in [0.15, 0.2) is 0 Å². The zero-order chi connectivity index (χ0) is 31.3. The van der Waals surface area contributed by atoms with E-state index in [4.69, 9.17) is 16.9 Å². The van der Waals surface area contributed by atoms with Crippen molar-refractivity contribution in [1.82, 2.24) is 15.5 Å². The molecule has 12 heteroatoms. The molecule has 10 nitrogen and oxygen atoms in total. The smallest absolute Gasteiger partial charge is 0.408 e. The highest BCUT2D eigenvalue weighted by molar-refractivity contribution is 6.37. The summed E-state index contributed by atoms with van der Waals surface area (Å²) in [6.45, 7) is 9.17. The second kappa shape index (κ2) is 13.2. The zero-order valence-electron chi connectivity index (χ0n) is 24.9. The lowest BCUT2D eigenvalue weighted by atomic mass is 9.75. The Labute approximate surface area is 240 Å². The molecular formula is C29H44F2N4O6. The van der Waals surface area contributed by atoms with Gasteiger partial charge in [-0.15, -0.1) is 12.3 Å². The molecule has 1 unspecified atom stereocenters. The van der Waals surface area contributed by atoms with Crippen molar-refractivity contribution in [3.8, 4) is 12.3 Å². The Bertz CT molecular complexity index is 1050. The van der Waals surface area contributed by atoms with Crippen LogP contribution in [0.25, 0.3) is 0 Å². The average Bonchev–Trinajstić information content (AvgIpc) is 3.31. The molecule has 2 rings (SSSR count). The summed E-state index contributed by atoms with van der Waals surface area (Å²) in [5.41, 5.74) is 3.34. The van der Waals surface area contributed by atoms with Gasteiger partial charge >= 0.3 is 6.09 Å². The van der Waals surface area contributed by atoms with Gasteiger partial charge in [0, 0.05) is 24.3 Å². The molecule has 0 aromatic carbocycles. The monoisotopic (exact) mass is 582 g/mol. The Morgan fingerprint density at radius 3 is 2.07 bits per heavy atom. The van der Waals surface area contributed by atoms with Gasteiger partial charge in [-0.1, -0.05) is 19.3 Å². The molecule has 1 aliphatic carbocycles. The van der Waals surface area contributed by atoms with Gasteiger partial charge in [-0.05, 0) is 66.7 Å². The molecule has 4 atom stereocenters. The maximum atomic E-state index is 14.1. The molecule has 4 N–H and O–H groups in total. The number of nitrogens with one attached hydrogen (secondary N) is 2. The van der Waals surface area contributed by atoms with E-state index in [1.165, 1.54) is 4.90 Å². The predicted molar refractivity (Wildman–Crippen MR) is 147 cm³/mol. The number of ether oxygens (including phenoxy) is 1. The summed E-state index contributed by atoms with van der Waals surface area (Å²) in [5, 5.41) is 4.97. The zero-order valence-corrected chi connectivity index (χ0v) is 24.9. The van der Waals surface area contributed by atoms with Crippen molar-refractivity contribution in [2.45, 2.75) is 116 Å². The van der Waals surface area contributed by atoms with Crippen molar-refractivity contribution in [2.24, 2.45) is 23.0 Å². The number of rotatable bonds is 10. The lowest BCUT2D eigenvalue weighted by molar-refractivity contribution is -0.145. The first-order valence-corrected chi connectivity index (χ1v) is 14.1. The second-order valence-electron chi connectivity index (χ2n) is 12.8.